The van der Waals surface area contributed by atoms with Crippen LogP contribution in [-0.2, 0) is 17.9 Å². The number of benzene rings is 2. The van der Waals surface area contributed by atoms with Gasteiger partial charge in [0.1, 0.15) is 12.4 Å². The smallest absolute Gasteiger partial charge is 0.358 e. The summed E-state index contributed by atoms with van der Waals surface area (Å²) in [4.78, 5) is 26.7. The number of pyridine rings is 1. The predicted octanol–water partition coefficient (Wildman–Crippen LogP) is 5.98. The van der Waals surface area contributed by atoms with E-state index in [2.05, 4.69) is 6.92 Å². The summed E-state index contributed by atoms with van der Waals surface area (Å²) in [6.45, 7) is 11.3. The van der Waals surface area contributed by atoms with Gasteiger partial charge in [0, 0.05) is 11.9 Å². The van der Waals surface area contributed by atoms with E-state index in [1.54, 1.807) is 25.1 Å². The molecule has 3 aromatic rings. The number of esters is 1. The summed E-state index contributed by atoms with van der Waals surface area (Å²) in [6, 6.07) is 15.2. The minimum absolute atomic E-state index is 0.170. The topological polar surface area (TPSA) is 66.8 Å². The van der Waals surface area contributed by atoms with Crippen LogP contribution in [0.25, 0.3) is 10.8 Å². The zero-order chi connectivity index (χ0) is 24.7. The van der Waals surface area contributed by atoms with Gasteiger partial charge >= 0.3 is 5.97 Å². The molecule has 34 heavy (non-hydrogen) atoms. The molecule has 0 aliphatic rings. The fraction of sp³-hybridized carbons (Fsp3) is 0.429. The van der Waals surface area contributed by atoms with Crippen molar-refractivity contribution in [1.29, 1.82) is 0 Å². The van der Waals surface area contributed by atoms with Gasteiger partial charge in [0.25, 0.3) is 5.56 Å². The lowest BCUT2D eigenvalue weighted by Gasteiger charge is -2.24. The molecule has 0 spiro atoms. The molecular weight excluding hydrogens is 430 g/mol. The Balaban J connectivity index is 2.16. The molecule has 0 unspecified atom stereocenters. The maximum Gasteiger partial charge on any atom is 0.358 e. The van der Waals surface area contributed by atoms with Crippen molar-refractivity contribution in [2.45, 2.75) is 60.6 Å². The van der Waals surface area contributed by atoms with Crippen LogP contribution in [-0.4, -0.2) is 23.8 Å². The van der Waals surface area contributed by atoms with Gasteiger partial charge in [0.05, 0.1) is 18.6 Å². The fourth-order valence-electron chi connectivity index (χ4n) is 3.72. The third kappa shape index (κ3) is 6.19. The van der Waals surface area contributed by atoms with Crippen LogP contribution in [0.15, 0.2) is 53.3 Å². The van der Waals surface area contributed by atoms with Gasteiger partial charge in [-0.05, 0) is 42.5 Å². The van der Waals surface area contributed by atoms with Crippen LogP contribution < -0.4 is 15.0 Å². The van der Waals surface area contributed by atoms with Crippen LogP contribution in [0.3, 0.4) is 0 Å². The number of rotatable bonds is 10. The van der Waals surface area contributed by atoms with E-state index >= 15 is 0 Å². The van der Waals surface area contributed by atoms with Gasteiger partial charge in [-0.25, -0.2) is 4.79 Å². The largest absolute Gasteiger partial charge is 0.490 e. The molecule has 0 amide bonds. The molecule has 2 aromatic carbocycles. The van der Waals surface area contributed by atoms with Gasteiger partial charge in [-0.3, -0.25) is 9.36 Å². The summed E-state index contributed by atoms with van der Waals surface area (Å²) >= 11 is 0. The Labute approximate surface area is 201 Å². The summed E-state index contributed by atoms with van der Waals surface area (Å²) in [5.74, 6) is 0.418. The molecule has 0 saturated carbocycles. The molecule has 0 aliphatic carbocycles. The van der Waals surface area contributed by atoms with E-state index in [1.807, 2.05) is 51.1 Å². The number of unbranched alkanes of at least 4 members (excludes halogenated alkanes) is 1. The third-order valence-corrected chi connectivity index (χ3v) is 5.29. The van der Waals surface area contributed by atoms with Crippen molar-refractivity contribution in [1.82, 2.24) is 4.57 Å². The summed E-state index contributed by atoms with van der Waals surface area (Å²) in [6.07, 6.45) is 1.78. The average Bonchev–Trinajstić information content (AvgIpc) is 2.80. The first-order valence-corrected chi connectivity index (χ1v) is 11.9. The maximum absolute atomic E-state index is 13.7. The van der Waals surface area contributed by atoms with Gasteiger partial charge in [-0.1, -0.05) is 64.4 Å². The maximum atomic E-state index is 13.7. The number of nitrogens with zero attached hydrogens (tertiary/aromatic N) is 1. The van der Waals surface area contributed by atoms with E-state index in [0.29, 0.717) is 42.0 Å². The Kier molecular flexibility index (Phi) is 8.37. The van der Waals surface area contributed by atoms with Crippen molar-refractivity contribution in [2.75, 3.05) is 13.2 Å². The minimum Gasteiger partial charge on any atom is -0.490 e. The van der Waals surface area contributed by atoms with Crippen molar-refractivity contribution < 1.29 is 19.0 Å². The fourth-order valence-corrected chi connectivity index (χ4v) is 3.72. The highest BCUT2D eigenvalue weighted by atomic mass is 16.5. The van der Waals surface area contributed by atoms with Crippen molar-refractivity contribution in [2.24, 2.45) is 5.41 Å². The molecule has 3 rings (SSSR count). The standard InChI is InChI=1S/C28H35NO5/c1-6-8-16-33-25-22-15-14-21(34-18-20-12-10-9-11-13-20)17-23(22)26(30)29(19-28(3,4)5)24(25)27(31)32-7-2/h9-15,17H,6-8,16,18-19H2,1-5H3. The molecule has 1 heterocycles. The summed E-state index contributed by atoms with van der Waals surface area (Å²) in [5.41, 5.74) is 0.694. The molecule has 0 saturated heterocycles. The SMILES string of the molecule is CCCCOc1c(C(=O)OCC)n(CC(C)(C)C)c(=O)c2cc(OCc3ccccc3)ccc12. The molecule has 0 radical (unpaired) electrons. The highest BCUT2D eigenvalue weighted by Gasteiger charge is 2.27. The molecule has 0 N–H and O–H groups in total. The van der Waals surface area contributed by atoms with Gasteiger partial charge in [-0.15, -0.1) is 0 Å². The lowest BCUT2D eigenvalue weighted by molar-refractivity contribution is 0.0504. The quantitative estimate of drug-likeness (QED) is 0.272. The zero-order valence-electron chi connectivity index (χ0n) is 20.8. The number of aromatic nitrogens is 1. The van der Waals surface area contributed by atoms with Crippen molar-refractivity contribution in [3.05, 3.63) is 70.1 Å². The average molecular weight is 466 g/mol. The minimum atomic E-state index is -0.554. The van der Waals surface area contributed by atoms with Crippen LogP contribution >= 0.6 is 0 Å². The van der Waals surface area contributed by atoms with Gasteiger partial charge in [0.2, 0.25) is 0 Å². The Morgan fingerprint density at radius 3 is 2.35 bits per heavy atom. The van der Waals surface area contributed by atoms with E-state index in [0.717, 1.165) is 18.4 Å². The second kappa shape index (κ2) is 11.2. The first-order valence-electron chi connectivity index (χ1n) is 11.9. The molecule has 1 aromatic heterocycles. The molecule has 6 heteroatoms. The van der Waals surface area contributed by atoms with Crippen LogP contribution in [0.4, 0.5) is 0 Å². The Hall–Kier alpha value is -3.28. The highest BCUT2D eigenvalue weighted by Crippen LogP contribution is 2.33. The predicted molar refractivity (Wildman–Crippen MR) is 135 cm³/mol. The molecular formula is C28H35NO5. The van der Waals surface area contributed by atoms with E-state index in [9.17, 15) is 9.59 Å². The molecule has 182 valence electrons. The molecule has 0 fully saturated rings. The second-order valence-electron chi connectivity index (χ2n) is 9.53. The zero-order valence-corrected chi connectivity index (χ0v) is 20.8. The number of fused-ring (bicyclic) bond motifs is 1. The van der Waals surface area contributed by atoms with E-state index in [-0.39, 0.29) is 23.3 Å². The van der Waals surface area contributed by atoms with E-state index < -0.39 is 5.97 Å². The first kappa shape index (κ1) is 25.3. The van der Waals surface area contributed by atoms with E-state index in [4.69, 9.17) is 14.2 Å². The van der Waals surface area contributed by atoms with Crippen molar-refractivity contribution in [3.8, 4) is 11.5 Å². The summed E-state index contributed by atoms with van der Waals surface area (Å²) < 4.78 is 19.0. The normalized spacial score (nSPS) is 11.4. The second-order valence-corrected chi connectivity index (χ2v) is 9.53. The number of hydrogen-bond donors (Lipinski definition) is 0. The van der Waals surface area contributed by atoms with E-state index in [1.165, 1.54) is 4.57 Å². The van der Waals surface area contributed by atoms with Gasteiger partial charge in [-0.2, -0.15) is 0 Å². The lowest BCUT2D eigenvalue weighted by Crippen LogP contribution is -2.32. The Morgan fingerprint density at radius 1 is 0.971 bits per heavy atom. The monoisotopic (exact) mass is 465 g/mol. The number of ether oxygens (including phenoxy) is 3. The Bertz CT molecular complexity index is 1180. The molecule has 0 bridgehead atoms. The molecule has 0 aliphatic heterocycles. The lowest BCUT2D eigenvalue weighted by atomic mass is 9.96. The summed E-state index contributed by atoms with van der Waals surface area (Å²) in [5, 5.41) is 1.04. The van der Waals surface area contributed by atoms with Crippen LogP contribution in [0, 0.1) is 5.41 Å². The highest BCUT2D eigenvalue weighted by molar-refractivity contribution is 6.00. The first-order chi connectivity index (χ1) is 16.2. The van der Waals surface area contributed by atoms with Crippen molar-refractivity contribution >= 4 is 16.7 Å². The van der Waals surface area contributed by atoms with Crippen LogP contribution in [0.1, 0.15) is 63.5 Å². The van der Waals surface area contributed by atoms with Gasteiger partial charge < -0.3 is 14.2 Å². The van der Waals surface area contributed by atoms with Crippen LogP contribution in [0.5, 0.6) is 11.5 Å². The van der Waals surface area contributed by atoms with Gasteiger partial charge in [0.15, 0.2) is 11.4 Å². The Morgan fingerprint density at radius 2 is 1.71 bits per heavy atom. The number of hydrogen-bond acceptors (Lipinski definition) is 5. The summed E-state index contributed by atoms with van der Waals surface area (Å²) in [7, 11) is 0. The van der Waals surface area contributed by atoms with Crippen LogP contribution in [0.2, 0.25) is 0 Å². The molecule has 6 nitrogen and oxygen atoms in total. The number of carbonyl (C=O) groups is 1. The van der Waals surface area contributed by atoms with Crippen molar-refractivity contribution in [3.63, 3.8) is 0 Å². The third-order valence-electron chi connectivity index (χ3n) is 5.29. The molecule has 0 atom stereocenters. The number of carbonyl (C=O) groups excluding carboxylic acids is 1.